The van der Waals surface area contributed by atoms with Crippen LogP contribution in [0.3, 0.4) is 0 Å². The van der Waals surface area contributed by atoms with E-state index in [1.165, 1.54) is 0 Å². The summed E-state index contributed by atoms with van der Waals surface area (Å²) in [6.45, 7) is 3.74. The third kappa shape index (κ3) is 2.69. The second-order valence-electron chi connectivity index (χ2n) is 3.35. The number of halogens is 1. The van der Waals surface area contributed by atoms with Crippen molar-refractivity contribution in [2.24, 2.45) is 0 Å². The van der Waals surface area contributed by atoms with Gasteiger partial charge in [0, 0.05) is 5.92 Å². The van der Waals surface area contributed by atoms with E-state index in [9.17, 15) is 4.39 Å². The molecule has 0 spiro atoms. The Hall–Kier alpha value is -1.56. The number of ether oxygens (including phenoxy) is 1. The highest BCUT2D eigenvalue weighted by Crippen LogP contribution is 2.25. The highest BCUT2D eigenvalue weighted by molar-refractivity contribution is 5.44. The third-order valence-corrected chi connectivity index (χ3v) is 2.22. The molecule has 1 unspecified atom stereocenters. The maximum atomic E-state index is 12.6. The number of alkyl halides is 1. The largest absolute Gasteiger partial charge is 0.494 e. The van der Waals surface area contributed by atoms with E-state index in [0.717, 1.165) is 0 Å². The Kier molecular flexibility index (Phi) is 4.11. The normalized spacial score (nSPS) is 11.9. The summed E-state index contributed by atoms with van der Waals surface area (Å²) < 4.78 is 17.9. The molecule has 1 aromatic rings. The summed E-state index contributed by atoms with van der Waals surface area (Å²) in [6, 6.07) is 7.21. The molecule has 0 amide bonds. The third-order valence-electron chi connectivity index (χ3n) is 2.22. The lowest BCUT2D eigenvalue weighted by molar-refractivity contribution is 0.339. The van der Waals surface area contributed by atoms with E-state index in [-0.39, 0.29) is 5.92 Å². The zero-order valence-corrected chi connectivity index (χ0v) is 8.96. The summed E-state index contributed by atoms with van der Waals surface area (Å²) in [7, 11) is 0. The zero-order valence-electron chi connectivity index (χ0n) is 8.96. The van der Waals surface area contributed by atoms with Crippen molar-refractivity contribution in [1.29, 1.82) is 5.26 Å². The standard InChI is InChI=1S/C12H14FNO/c1-3-15-11-5-4-10(8-14)12(6-11)9(2)7-13/h4-6,9H,3,7H2,1-2H3. The zero-order chi connectivity index (χ0) is 11.3. The molecule has 0 aliphatic rings. The molecule has 1 rings (SSSR count). The van der Waals surface area contributed by atoms with Gasteiger partial charge >= 0.3 is 0 Å². The molecule has 0 aliphatic heterocycles. The average Bonchev–Trinajstić information content (AvgIpc) is 2.28. The number of nitriles is 1. The fraction of sp³-hybridized carbons (Fsp3) is 0.417. The molecule has 0 N–H and O–H groups in total. The Balaban J connectivity index is 3.08. The maximum Gasteiger partial charge on any atom is 0.119 e. The fourth-order valence-corrected chi connectivity index (χ4v) is 1.39. The molecule has 0 aromatic heterocycles. The van der Waals surface area contributed by atoms with Crippen LogP contribution in [0.1, 0.15) is 30.9 Å². The first-order valence-electron chi connectivity index (χ1n) is 4.95. The Morgan fingerprint density at radius 3 is 2.80 bits per heavy atom. The maximum absolute atomic E-state index is 12.6. The molecule has 1 aromatic carbocycles. The predicted molar refractivity (Wildman–Crippen MR) is 56.7 cm³/mol. The summed E-state index contributed by atoms with van der Waals surface area (Å²) in [4.78, 5) is 0. The van der Waals surface area contributed by atoms with Gasteiger partial charge in [-0.25, -0.2) is 0 Å². The lowest BCUT2D eigenvalue weighted by Gasteiger charge is -2.11. The van der Waals surface area contributed by atoms with Crippen LogP contribution in [0, 0.1) is 11.3 Å². The smallest absolute Gasteiger partial charge is 0.119 e. The molecule has 0 radical (unpaired) electrons. The van der Waals surface area contributed by atoms with Gasteiger partial charge in [0.05, 0.1) is 24.9 Å². The number of hydrogen-bond donors (Lipinski definition) is 0. The van der Waals surface area contributed by atoms with Gasteiger partial charge in [-0.15, -0.1) is 0 Å². The van der Waals surface area contributed by atoms with E-state index >= 15 is 0 Å². The Morgan fingerprint density at radius 1 is 1.53 bits per heavy atom. The van der Waals surface area contributed by atoms with Crippen LogP contribution in [0.4, 0.5) is 4.39 Å². The van der Waals surface area contributed by atoms with Crippen LogP contribution in [0.15, 0.2) is 18.2 Å². The van der Waals surface area contributed by atoms with Crippen molar-refractivity contribution in [3.05, 3.63) is 29.3 Å². The molecule has 0 saturated heterocycles. The summed E-state index contributed by atoms with van der Waals surface area (Å²) in [5.41, 5.74) is 1.23. The van der Waals surface area contributed by atoms with Gasteiger partial charge in [0.1, 0.15) is 5.75 Å². The van der Waals surface area contributed by atoms with Gasteiger partial charge in [0.2, 0.25) is 0 Å². The Labute approximate surface area is 89.3 Å². The molecule has 1 atom stereocenters. The quantitative estimate of drug-likeness (QED) is 0.760. The lowest BCUT2D eigenvalue weighted by Crippen LogP contribution is -2.00. The fourth-order valence-electron chi connectivity index (χ4n) is 1.39. The number of benzene rings is 1. The minimum absolute atomic E-state index is 0.264. The molecule has 0 bridgehead atoms. The molecule has 0 aliphatic carbocycles. The van der Waals surface area contributed by atoms with Gasteiger partial charge in [-0.05, 0) is 30.7 Å². The monoisotopic (exact) mass is 207 g/mol. The van der Waals surface area contributed by atoms with Gasteiger partial charge in [-0.3, -0.25) is 4.39 Å². The van der Waals surface area contributed by atoms with Gasteiger partial charge in [-0.1, -0.05) is 6.92 Å². The summed E-state index contributed by atoms with van der Waals surface area (Å²) in [6.07, 6.45) is 0. The molecule has 0 heterocycles. The summed E-state index contributed by atoms with van der Waals surface area (Å²) in [5.74, 6) is 0.423. The molecule has 3 heteroatoms. The SMILES string of the molecule is CCOc1ccc(C#N)c(C(C)CF)c1. The lowest BCUT2D eigenvalue weighted by atomic mass is 9.97. The number of rotatable bonds is 4. The van der Waals surface area contributed by atoms with E-state index in [1.807, 2.05) is 6.92 Å². The summed E-state index contributed by atoms with van der Waals surface area (Å²) >= 11 is 0. The van der Waals surface area contributed by atoms with Crippen molar-refractivity contribution in [2.45, 2.75) is 19.8 Å². The van der Waals surface area contributed by atoms with Crippen molar-refractivity contribution in [3.8, 4) is 11.8 Å². The highest BCUT2D eigenvalue weighted by atomic mass is 19.1. The first-order valence-corrected chi connectivity index (χ1v) is 4.95. The minimum atomic E-state index is -0.468. The van der Waals surface area contributed by atoms with Crippen LogP contribution in [-0.2, 0) is 0 Å². The van der Waals surface area contributed by atoms with Crippen LogP contribution in [0.5, 0.6) is 5.75 Å². The van der Waals surface area contributed by atoms with E-state index in [0.29, 0.717) is 23.5 Å². The van der Waals surface area contributed by atoms with Crippen molar-refractivity contribution in [1.82, 2.24) is 0 Å². The first-order chi connectivity index (χ1) is 7.22. The second kappa shape index (κ2) is 5.35. The van der Waals surface area contributed by atoms with Gasteiger partial charge in [0.25, 0.3) is 0 Å². The molecule has 2 nitrogen and oxygen atoms in total. The van der Waals surface area contributed by atoms with E-state index < -0.39 is 6.67 Å². The number of hydrogen-bond acceptors (Lipinski definition) is 2. The molecular weight excluding hydrogens is 193 g/mol. The van der Waals surface area contributed by atoms with Gasteiger partial charge in [0.15, 0.2) is 0 Å². The Bertz CT molecular complexity index is 370. The van der Waals surface area contributed by atoms with Crippen molar-refractivity contribution < 1.29 is 9.13 Å². The van der Waals surface area contributed by atoms with Crippen molar-refractivity contribution >= 4 is 0 Å². The second-order valence-corrected chi connectivity index (χ2v) is 3.35. The average molecular weight is 207 g/mol. The predicted octanol–water partition coefficient (Wildman–Crippen LogP) is 3.03. The highest BCUT2D eigenvalue weighted by Gasteiger charge is 2.11. The molecule has 80 valence electrons. The van der Waals surface area contributed by atoms with Crippen LogP contribution >= 0.6 is 0 Å². The topological polar surface area (TPSA) is 33.0 Å². The minimum Gasteiger partial charge on any atom is -0.494 e. The van der Waals surface area contributed by atoms with E-state index in [2.05, 4.69) is 6.07 Å². The van der Waals surface area contributed by atoms with Crippen molar-refractivity contribution in [2.75, 3.05) is 13.3 Å². The molecule has 0 fully saturated rings. The van der Waals surface area contributed by atoms with Crippen LogP contribution < -0.4 is 4.74 Å². The van der Waals surface area contributed by atoms with Crippen molar-refractivity contribution in [3.63, 3.8) is 0 Å². The molecule has 0 saturated carbocycles. The summed E-state index contributed by atoms with van der Waals surface area (Å²) in [5, 5.41) is 8.87. The first kappa shape index (κ1) is 11.5. The van der Waals surface area contributed by atoms with Crippen LogP contribution in [0.25, 0.3) is 0 Å². The van der Waals surface area contributed by atoms with Crippen LogP contribution in [0.2, 0.25) is 0 Å². The van der Waals surface area contributed by atoms with E-state index in [4.69, 9.17) is 10.00 Å². The number of nitrogens with zero attached hydrogens (tertiary/aromatic N) is 1. The van der Waals surface area contributed by atoms with Gasteiger partial charge in [-0.2, -0.15) is 5.26 Å². The molecule has 15 heavy (non-hydrogen) atoms. The van der Waals surface area contributed by atoms with Gasteiger partial charge < -0.3 is 4.74 Å². The van der Waals surface area contributed by atoms with E-state index in [1.54, 1.807) is 25.1 Å². The molecular formula is C12H14FNO. The van der Waals surface area contributed by atoms with Crippen LogP contribution in [-0.4, -0.2) is 13.3 Å². The Morgan fingerprint density at radius 2 is 2.27 bits per heavy atom.